The lowest BCUT2D eigenvalue weighted by Gasteiger charge is -2.33. The Bertz CT molecular complexity index is 688. The molecule has 164 valence electrons. The van der Waals surface area contributed by atoms with Gasteiger partial charge in [-0.15, -0.1) is 11.3 Å². The Morgan fingerprint density at radius 2 is 1.79 bits per heavy atom. The van der Waals surface area contributed by atoms with E-state index in [1.165, 1.54) is 0 Å². The average Bonchev–Trinajstić information content (AvgIpc) is 3.06. The first kappa shape index (κ1) is 21.9. The highest BCUT2D eigenvalue weighted by Crippen LogP contribution is 2.69. The van der Waals surface area contributed by atoms with Crippen LogP contribution < -0.4 is 0 Å². The molecule has 4 rings (SSSR count). The van der Waals surface area contributed by atoms with Gasteiger partial charge in [0.15, 0.2) is 5.79 Å². The number of fused-ring (bicyclic) bond motifs is 1. The van der Waals surface area contributed by atoms with Gasteiger partial charge in [0.2, 0.25) is 0 Å². The number of hydrogen-bond acceptors (Lipinski definition) is 7. The van der Waals surface area contributed by atoms with Crippen molar-refractivity contribution in [3.63, 3.8) is 0 Å². The Labute approximate surface area is 178 Å². The van der Waals surface area contributed by atoms with Crippen LogP contribution in [0.1, 0.15) is 63.0 Å². The maximum absolute atomic E-state index is 14.2. The van der Waals surface area contributed by atoms with Gasteiger partial charge >= 0.3 is 7.60 Å². The van der Waals surface area contributed by atoms with Crippen molar-refractivity contribution >= 4 is 18.9 Å². The van der Waals surface area contributed by atoms with Crippen LogP contribution in [0.2, 0.25) is 0 Å². The third-order valence-corrected chi connectivity index (χ3v) is 9.70. The molecule has 0 bridgehead atoms. The molecule has 3 aliphatic rings. The molecule has 6 nitrogen and oxygen atoms in total. The van der Waals surface area contributed by atoms with E-state index in [1.54, 1.807) is 11.3 Å². The van der Waals surface area contributed by atoms with E-state index >= 15 is 0 Å². The van der Waals surface area contributed by atoms with Gasteiger partial charge in [-0.1, -0.05) is 32.8 Å². The van der Waals surface area contributed by atoms with Crippen molar-refractivity contribution in [1.29, 1.82) is 0 Å². The van der Waals surface area contributed by atoms with Crippen LogP contribution in [0, 0.1) is 5.41 Å². The smallest absolute Gasteiger partial charge is 0.346 e. The molecule has 0 amide bonds. The molecule has 2 saturated heterocycles. The van der Waals surface area contributed by atoms with Gasteiger partial charge in [-0.3, -0.25) is 9.46 Å². The molecule has 1 aromatic heterocycles. The number of unbranched alkanes of at least 4 members (excludes halogenated alkanes) is 2. The van der Waals surface area contributed by atoms with Crippen LogP contribution in [0.25, 0.3) is 0 Å². The third-order valence-electron chi connectivity index (χ3n) is 6.31. The topological polar surface area (TPSA) is 57.2 Å². The Hall–Kier alpha value is -0.270. The second kappa shape index (κ2) is 9.07. The zero-order valence-corrected chi connectivity index (χ0v) is 19.3. The van der Waals surface area contributed by atoms with Crippen molar-refractivity contribution in [3.8, 4) is 0 Å². The van der Waals surface area contributed by atoms with E-state index in [0.29, 0.717) is 33.0 Å². The van der Waals surface area contributed by atoms with Crippen LogP contribution in [-0.2, 0) is 23.1 Å². The quantitative estimate of drug-likeness (QED) is 0.337. The molecule has 1 aliphatic carbocycles. The molecule has 2 spiro atoms. The summed E-state index contributed by atoms with van der Waals surface area (Å²) in [7, 11) is -3.39. The molecule has 1 aromatic rings. The van der Waals surface area contributed by atoms with Crippen LogP contribution in [0.4, 0.5) is 0 Å². The van der Waals surface area contributed by atoms with Crippen molar-refractivity contribution in [2.45, 2.75) is 63.9 Å². The zero-order chi connectivity index (χ0) is 20.4. The SMILES string of the molecule is CCCCOP(=O)(OCCCC)C(c1cccs1)N1CC2(CC2)C2(C1)OCCO2. The predicted molar refractivity (Wildman–Crippen MR) is 114 cm³/mol. The third kappa shape index (κ3) is 4.25. The van der Waals surface area contributed by atoms with E-state index in [0.717, 1.165) is 49.9 Å². The molecule has 8 heteroatoms. The normalized spacial score (nSPS) is 23.9. The summed E-state index contributed by atoms with van der Waals surface area (Å²) in [6, 6.07) is 4.06. The first-order valence-corrected chi connectivity index (χ1v) is 13.5. The maximum Gasteiger partial charge on any atom is 0.353 e. The van der Waals surface area contributed by atoms with E-state index in [4.69, 9.17) is 18.5 Å². The van der Waals surface area contributed by atoms with E-state index in [9.17, 15) is 4.57 Å². The highest BCUT2D eigenvalue weighted by Gasteiger charge is 2.69. The van der Waals surface area contributed by atoms with Crippen LogP contribution in [0.3, 0.4) is 0 Å². The summed E-state index contributed by atoms with van der Waals surface area (Å²) < 4.78 is 38.7. The number of likely N-dealkylation sites (tertiary alicyclic amines) is 1. The number of rotatable bonds is 11. The molecular weight excluding hydrogens is 409 g/mol. The van der Waals surface area contributed by atoms with Gasteiger partial charge in [-0.2, -0.15) is 0 Å². The lowest BCUT2D eigenvalue weighted by molar-refractivity contribution is -0.182. The van der Waals surface area contributed by atoms with Crippen LogP contribution in [0.5, 0.6) is 0 Å². The van der Waals surface area contributed by atoms with Gasteiger partial charge in [0, 0.05) is 16.8 Å². The molecule has 3 fully saturated rings. The Balaban J connectivity index is 1.62. The minimum atomic E-state index is -3.39. The van der Waals surface area contributed by atoms with E-state index in [1.807, 2.05) is 11.4 Å². The number of thiophene rings is 1. The van der Waals surface area contributed by atoms with Crippen LogP contribution >= 0.6 is 18.9 Å². The maximum atomic E-state index is 14.2. The predicted octanol–water partition coefficient (Wildman–Crippen LogP) is 5.41. The second-order valence-electron chi connectivity index (χ2n) is 8.44. The molecule has 3 heterocycles. The van der Waals surface area contributed by atoms with Gasteiger partial charge in [0.25, 0.3) is 0 Å². The monoisotopic (exact) mass is 443 g/mol. The molecule has 1 saturated carbocycles. The minimum Gasteiger partial charge on any atom is -0.346 e. The van der Waals surface area contributed by atoms with Gasteiger partial charge in [-0.05, 0) is 37.1 Å². The molecule has 1 unspecified atom stereocenters. The van der Waals surface area contributed by atoms with Crippen molar-refractivity contribution in [1.82, 2.24) is 4.90 Å². The Kier molecular flexibility index (Phi) is 6.87. The fourth-order valence-corrected chi connectivity index (χ4v) is 7.94. The van der Waals surface area contributed by atoms with Gasteiger partial charge in [0.1, 0.15) is 5.78 Å². The molecular formula is C21H34NO5PS. The molecule has 1 atom stereocenters. The van der Waals surface area contributed by atoms with Crippen molar-refractivity contribution in [2.24, 2.45) is 5.41 Å². The fraction of sp³-hybridized carbons (Fsp3) is 0.810. The lowest BCUT2D eigenvalue weighted by Crippen LogP contribution is -2.41. The second-order valence-corrected chi connectivity index (χ2v) is 11.5. The summed E-state index contributed by atoms with van der Waals surface area (Å²) in [5.41, 5.74) is 0.0245. The van der Waals surface area contributed by atoms with E-state index < -0.39 is 19.2 Å². The van der Waals surface area contributed by atoms with Crippen LogP contribution in [0.15, 0.2) is 17.5 Å². The summed E-state index contributed by atoms with van der Waals surface area (Å²) in [5, 5.41) is 2.03. The van der Waals surface area contributed by atoms with E-state index in [2.05, 4.69) is 24.8 Å². The summed E-state index contributed by atoms with van der Waals surface area (Å²) in [4.78, 5) is 3.30. The molecule has 0 N–H and O–H groups in total. The largest absolute Gasteiger partial charge is 0.353 e. The van der Waals surface area contributed by atoms with Crippen molar-refractivity contribution < 1.29 is 23.1 Å². The van der Waals surface area contributed by atoms with Gasteiger partial charge in [-0.25, -0.2) is 0 Å². The fourth-order valence-electron chi connectivity index (χ4n) is 4.54. The molecule has 0 radical (unpaired) electrons. The molecule has 0 aromatic carbocycles. The first-order valence-electron chi connectivity index (χ1n) is 11.0. The molecule has 2 aliphatic heterocycles. The first-order chi connectivity index (χ1) is 14.1. The van der Waals surface area contributed by atoms with Crippen molar-refractivity contribution in [2.75, 3.05) is 39.5 Å². The molecule has 29 heavy (non-hydrogen) atoms. The standard InChI is InChI=1S/C21H34NO5PS/c1-3-5-11-26-28(23,27-12-6-4-2)19(18-8-7-15-29-18)22-16-20(9-10-20)21(17-22)24-13-14-25-21/h7-8,15,19H,3-6,9-14,16-17H2,1-2H3. The van der Waals surface area contributed by atoms with Gasteiger partial charge < -0.3 is 18.5 Å². The average molecular weight is 444 g/mol. The summed E-state index contributed by atoms with van der Waals surface area (Å²) in [5.74, 6) is -0.957. The minimum absolute atomic E-state index is 0.0245. The summed E-state index contributed by atoms with van der Waals surface area (Å²) in [6.07, 6.45) is 5.93. The highest BCUT2D eigenvalue weighted by molar-refractivity contribution is 7.54. The number of hydrogen-bond donors (Lipinski definition) is 0. The lowest BCUT2D eigenvalue weighted by atomic mass is 10.00. The highest BCUT2D eigenvalue weighted by atomic mass is 32.1. The Morgan fingerprint density at radius 3 is 2.31 bits per heavy atom. The van der Waals surface area contributed by atoms with Gasteiger partial charge in [0.05, 0.1) is 33.0 Å². The number of nitrogens with zero attached hydrogens (tertiary/aromatic N) is 1. The van der Waals surface area contributed by atoms with E-state index in [-0.39, 0.29) is 5.41 Å². The number of ether oxygens (including phenoxy) is 2. The Morgan fingerprint density at radius 1 is 1.14 bits per heavy atom. The summed E-state index contributed by atoms with van der Waals surface area (Å²) >= 11 is 1.62. The zero-order valence-electron chi connectivity index (χ0n) is 17.6. The van der Waals surface area contributed by atoms with Crippen molar-refractivity contribution in [3.05, 3.63) is 22.4 Å². The summed E-state index contributed by atoms with van der Waals surface area (Å²) in [6.45, 7) is 7.84. The van der Waals surface area contributed by atoms with Crippen LogP contribution in [-0.4, -0.2) is 50.2 Å².